The lowest BCUT2D eigenvalue weighted by Gasteiger charge is -2.30. The smallest absolute Gasteiger partial charge is 0.131 e. The van der Waals surface area contributed by atoms with Crippen LogP contribution >= 0.6 is 11.6 Å². The monoisotopic (exact) mass is 296 g/mol. The topological polar surface area (TPSA) is 61.2 Å². The van der Waals surface area contributed by atoms with Gasteiger partial charge in [0.15, 0.2) is 0 Å². The SMILES string of the molecule is CCC(C)Nc1cc(Cl)ncc1C(=N)N1CCOCC1. The maximum absolute atomic E-state index is 8.38. The number of morpholine rings is 1. The number of hydrogen-bond acceptors (Lipinski definition) is 4. The molecular weight excluding hydrogens is 276 g/mol. The fourth-order valence-corrected chi connectivity index (χ4v) is 2.22. The Kier molecular flexibility index (Phi) is 5.20. The highest BCUT2D eigenvalue weighted by atomic mass is 35.5. The van der Waals surface area contributed by atoms with E-state index in [0.717, 1.165) is 30.8 Å². The number of amidine groups is 1. The molecule has 5 nitrogen and oxygen atoms in total. The van der Waals surface area contributed by atoms with Crippen molar-refractivity contribution in [2.75, 3.05) is 31.6 Å². The van der Waals surface area contributed by atoms with E-state index < -0.39 is 0 Å². The summed E-state index contributed by atoms with van der Waals surface area (Å²) in [5.41, 5.74) is 1.66. The highest BCUT2D eigenvalue weighted by Crippen LogP contribution is 2.22. The first-order chi connectivity index (χ1) is 9.61. The molecule has 1 fully saturated rings. The van der Waals surface area contributed by atoms with Crippen LogP contribution in [-0.4, -0.2) is 48.1 Å². The number of anilines is 1. The van der Waals surface area contributed by atoms with Gasteiger partial charge in [-0.2, -0.15) is 0 Å². The Morgan fingerprint density at radius 3 is 2.90 bits per heavy atom. The number of ether oxygens (including phenoxy) is 1. The average Bonchev–Trinajstić information content (AvgIpc) is 2.47. The van der Waals surface area contributed by atoms with Crippen molar-refractivity contribution >= 4 is 23.1 Å². The van der Waals surface area contributed by atoms with Gasteiger partial charge in [0.25, 0.3) is 0 Å². The van der Waals surface area contributed by atoms with Gasteiger partial charge in [0.2, 0.25) is 0 Å². The Hall–Kier alpha value is -1.33. The van der Waals surface area contributed by atoms with E-state index in [1.807, 2.05) is 4.90 Å². The lowest BCUT2D eigenvalue weighted by molar-refractivity contribution is 0.0680. The molecule has 1 atom stereocenters. The van der Waals surface area contributed by atoms with Gasteiger partial charge in [0.05, 0.1) is 18.8 Å². The van der Waals surface area contributed by atoms with E-state index in [-0.39, 0.29) is 0 Å². The molecule has 0 aromatic carbocycles. The van der Waals surface area contributed by atoms with Gasteiger partial charge in [-0.15, -0.1) is 0 Å². The summed E-state index contributed by atoms with van der Waals surface area (Å²) in [6.45, 7) is 7.04. The molecule has 20 heavy (non-hydrogen) atoms. The van der Waals surface area contributed by atoms with Crippen LogP contribution in [0, 0.1) is 5.41 Å². The molecule has 2 rings (SSSR count). The Labute approximate surface area is 124 Å². The van der Waals surface area contributed by atoms with Crippen LogP contribution in [-0.2, 0) is 4.74 Å². The second-order valence-corrected chi connectivity index (χ2v) is 5.34. The molecule has 0 saturated carbocycles. The van der Waals surface area contributed by atoms with Crippen molar-refractivity contribution in [2.24, 2.45) is 0 Å². The highest BCUT2D eigenvalue weighted by Gasteiger charge is 2.19. The van der Waals surface area contributed by atoms with Crippen LogP contribution in [0.1, 0.15) is 25.8 Å². The number of nitrogens with one attached hydrogen (secondary N) is 2. The summed E-state index contributed by atoms with van der Waals surface area (Å²) in [5, 5.41) is 12.2. The third kappa shape index (κ3) is 3.61. The molecule has 1 aliphatic rings. The van der Waals surface area contributed by atoms with Crippen molar-refractivity contribution < 1.29 is 4.74 Å². The maximum atomic E-state index is 8.38. The van der Waals surface area contributed by atoms with E-state index in [4.69, 9.17) is 21.7 Å². The molecule has 1 aromatic heterocycles. The van der Waals surface area contributed by atoms with Gasteiger partial charge in [0, 0.05) is 31.0 Å². The minimum absolute atomic E-state index is 0.324. The van der Waals surface area contributed by atoms with E-state index in [9.17, 15) is 0 Å². The number of nitrogens with zero attached hydrogens (tertiary/aromatic N) is 2. The Balaban J connectivity index is 2.22. The van der Waals surface area contributed by atoms with E-state index in [1.165, 1.54) is 0 Å². The van der Waals surface area contributed by atoms with Gasteiger partial charge in [0.1, 0.15) is 11.0 Å². The zero-order valence-electron chi connectivity index (χ0n) is 11.9. The minimum atomic E-state index is 0.324. The Morgan fingerprint density at radius 2 is 2.25 bits per heavy atom. The predicted octanol–water partition coefficient (Wildman–Crippen LogP) is 2.60. The van der Waals surface area contributed by atoms with Crippen molar-refractivity contribution in [2.45, 2.75) is 26.3 Å². The van der Waals surface area contributed by atoms with Gasteiger partial charge in [-0.1, -0.05) is 18.5 Å². The molecule has 1 aliphatic heterocycles. The molecule has 6 heteroatoms. The van der Waals surface area contributed by atoms with Crippen LogP contribution in [0.3, 0.4) is 0 Å². The van der Waals surface area contributed by atoms with Gasteiger partial charge in [-0.25, -0.2) is 4.98 Å². The van der Waals surface area contributed by atoms with Crippen LogP contribution in [0.15, 0.2) is 12.3 Å². The quantitative estimate of drug-likeness (QED) is 0.509. The molecule has 0 bridgehead atoms. The normalized spacial score (nSPS) is 16.9. The molecule has 110 valence electrons. The second-order valence-electron chi connectivity index (χ2n) is 4.95. The van der Waals surface area contributed by atoms with Gasteiger partial charge < -0.3 is 15.0 Å². The summed E-state index contributed by atoms with van der Waals surface area (Å²) in [6.07, 6.45) is 2.68. The summed E-state index contributed by atoms with van der Waals surface area (Å²) in [5.74, 6) is 0.475. The zero-order valence-corrected chi connectivity index (χ0v) is 12.7. The molecule has 0 amide bonds. The fraction of sp³-hybridized carbons (Fsp3) is 0.571. The first kappa shape index (κ1) is 15.1. The van der Waals surface area contributed by atoms with Gasteiger partial charge in [-0.3, -0.25) is 5.41 Å². The number of halogens is 1. The molecule has 0 spiro atoms. The van der Waals surface area contributed by atoms with Gasteiger partial charge >= 0.3 is 0 Å². The van der Waals surface area contributed by atoms with Crippen molar-refractivity contribution in [3.05, 3.63) is 23.0 Å². The highest BCUT2D eigenvalue weighted by molar-refractivity contribution is 6.29. The van der Waals surface area contributed by atoms with E-state index in [1.54, 1.807) is 12.3 Å². The van der Waals surface area contributed by atoms with Crippen LogP contribution in [0.5, 0.6) is 0 Å². The number of rotatable bonds is 4. The molecule has 2 heterocycles. The van der Waals surface area contributed by atoms with Gasteiger partial charge in [-0.05, 0) is 19.4 Å². The standard InChI is InChI=1S/C14H21ClN4O/c1-3-10(2)18-12-8-13(15)17-9-11(12)14(16)19-4-6-20-7-5-19/h8-10,16H,3-7H2,1-2H3,(H,17,18). The van der Waals surface area contributed by atoms with E-state index in [0.29, 0.717) is 30.2 Å². The summed E-state index contributed by atoms with van der Waals surface area (Å²) in [6, 6.07) is 2.11. The first-order valence-corrected chi connectivity index (χ1v) is 7.33. The first-order valence-electron chi connectivity index (χ1n) is 6.95. The lowest BCUT2D eigenvalue weighted by Crippen LogP contribution is -2.41. The lowest BCUT2D eigenvalue weighted by atomic mass is 10.1. The molecular formula is C14H21ClN4O. The average molecular weight is 297 g/mol. The van der Waals surface area contributed by atoms with Crippen molar-refractivity contribution in [3.8, 4) is 0 Å². The molecule has 1 saturated heterocycles. The number of hydrogen-bond donors (Lipinski definition) is 2. The zero-order chi connectivity index (χ0) is 14.5. The van der Waals surface area contributed by atoms with Crippen LogP contribution in [0.2, 0.25) is 5.15 Å². The minimum Gasteiger partial charge on any atom is -0.382 e. The Morgan fingerprint density at radius 1 is 1.55 bits per heavy atom. The largest absolute Gasteiger partial charge is 0.382 e. The van der Waals surface area contributed by atoms with E-state index in [2.05, 4.69) is 24.1 Å². The third-order valence-electron chi connectivity index (χ3n) is 3.47. The van der Waals surface area contributed by atoms with Crippen LogP contribution in [0.25, 0.3) is 0 Å². The summed E-state index contributed by atoms with van der Waals surface area (Å²) >= 11 is 5.98. The summed E-state index contributed by atoms with van der Waals surface area (Å²) in [7, 11) is 0. The maximum Gasteiger partial charge on any atom is 0.131 e. The molecule has 2 N–H and O–H groups in total. The van der Waals surface area contributed by atoms with Crippen LogP contribution < -0.4 is 5.32 Å². The molecule has 0 radical (unpaired) electrons. The number of aromatic nitrogens is 1. The summed E-state index contributed by atoms with van der Waals surface area (Å²) < 4.78 is 5.33. The predicted molar refractivity (Wildman–Crippen MR) is 81.8 cm³/mol. The summed E-state index contributed by atoms with van der Waals surface area (Å²) in [4.78, 5) is 6.13. The van der Waals surface area contributed by atoms with Crippen LogP contribution in [0.4, 0.5) is 5.69 Å². The molecule has 1 aromatic rings. The number of pyridine rings is 1. The van der Waals surface area contributed by atoms with E-state index >= 15 is 0 Å². The Bertz CT molecular complexity index is 474. The van der Waals surface area contributed by atoms with Crippen molar-refractivity contribution in [3.63, 3.8) is 0 Å². The third-order valence-corrected chi connectivity index (χ3v) is 3.67. The van der Waals surface area contributed by atoms with Crippen molar-refractivity contribution in [1.82, 2.24) is 9.88 Å². The second kappa shape index (κ2) is 6.90. The molecule has 1 unspecified atom stereocenters. The fourth-order valence-electron chi connectivity index (χ4n) is 2.06. The van der Waals surface area contributed by atoms with Crippen molar-refractivity contribution in [1.29, 1.82) is 5.41 Å². The molecule has 0 aliphatic carbocycles.